The molecule has 0 spiro atoms. The van der Waals surface area contributed by atoms with Crippen LogP contribution in [0.4, 0.5) is 4.79 Å². The van der Waals surface area contributed by atoms with Gasteiger partial charge in [-0.05, 0) is 59.1 Å². The molecule has 1 N–H and O–H groups in total. The number of thioether (sulfide) groups is 1. The number of nitrogens with one attached hydrogen (secondary N) is 1. The number of amides is 2. The minimum Gasteiger partial charge on any atom is -0.444 e. The first-order valence-corrected chi connectivity index (χ1v) is 10.1. The van der Waals surface area contributed by atoms with Crippen molar-refractivity contribution in [3.05, 3.63) is 30.3 Å². The van der Waals surface area contributed by atoms with Gasteiger partial charge in [0, 0.05) is 24.0 Å². The van der Waals surface area contributed by atoms with Gasteiger partial charge in [-0.1, -0.05) is 18.2 Å². The summed E-state index contributed by atoms with van der Waals surface area (Å²) in [6.07, 6.45) is 2.56. The van der Waals surface area contributed by atoms with Crippen molar-refractivity contribution in [3.63, 3.8) is 0 Å². The average molecular weight is 379 g/mol. The maximum atomic E-state index is 12.9. The molecule has 1 aliphatic heterocycles. The second-order valence-electron chi connectivity index (χ2n) is 7.64. The number of benzene rings is 1. The lowest BCUT2D eigenvalue weighted by Crippen LogP contribution is -2.51. The molecule has 0 saturated carbocycles. The van der Waals surface area contributed by atoms with Crippen LogP contribution in [0.25, 0.3) is 0 Å². The fourth-order valence-electron chi connectivity index (χ4n) is 3.01. The molecule has 0 radical (unpaired) electrons. The van der Waals surface area contributed by atoms with Crippen LogP contribution >= 0.6 is 11.8 Å². The molecule has 144 valence electrons. The number of likely N-dealkylation sites (tertiary alicyclic amines) is 1. The predicted molar refractivity (Wildman–Crippen MR) is 105 cm³/mol. The van der Waals surface area contributed by atoms with Gasteiger partial charge < -0.3 is 15.0 Å². The molecule has 1 aromatic carbocycles. The highest BCUT2D eigenvalue weighted by Crippen LogP contribution is 2.26. The number of hydrogen-bond acceptors (Lipinski definition) is 4. The van der Waals surface area contributed by atoms with Crippen molar-refractivity contribution in [2.75, 3.05) is 13.1 Å². The number of carbonyl (C=O) groups is 2. The van der Waals surface area contributed by atoms with E-state index in [1.165, 1.54) is 0 Å². The van der Waals surface area contributed by atoms with Gasteiger partial charge in [0.05, 0.1) is 5.25 Å². The van der Waals surface area contributed by atoms with Gasteiger partial charge in [-0.15, -0.1) is 11.8 Å². The molecule has 1 heterocycles. The van der Waals surface area contributed by atoms with E-state index < -0.39 is 11.7 Å². The quantitative estimate of drug-likeness (QED) is 0.785. The van der Waals surface area contributed by atoms with E-state index in [-0.39, 0.29) is 17.2 Å². The van der Waals surface area contributed by atoms with Crippen molar-refractivity contribution in [2.45, 2.75) is 68.7 Å². The number of ether oxygens (including phenoxy) is 1. The Balaban J connectivity index is 1.92. The third-order valence-corrected chi connectivity index (χ3v) is 5.29. The zero-order chi connectivity index (χ0) is 19.2. The smallest absolute Gasteiger partial charge is 0.407 e. The van der Waals surface area contributed by atoms with E-state index in [0.717, 1.165) is 30.7 Å². The molecule has 26 heavy (non-hydrogen) atoms. The Morgan fingerprint density at radius 1 is 1.27 bits per heavy atom. The number of piperidine rings is 1. The summed E-state index contributed by atoms with van der Waals surface area (Å²) in [7, 11) is 0. The van der Waals surface area contributed by atoms with Gasteiger partial charge in [-0.2, -0.15) is 0 Å². The molecule has 6 heteroatoms. The third kappa shape index (κ3) is 6.56. The predicted octanol–water partition coefficient (Wildman–Crippen LogP) is 4.07. The van der Waals surface area contributed by atoms with Gasteiger partial charge in [0.15, 0.2) is 0 Å². The molecule has 1 saturated heterocycles. The van der Waals surface area contributed by atoms with E-state index in [4.69, 9.17) is 4.74 Å². The van der Waals surface area contributed by atoms with Crippen LogP contribution in [0, 0.1) is 0 Å². The monoisotopic (exact) mass is 378 g/mol. The van der Waals surface area contributed by atoms with E-state index >= 15 is 0 Å². The first-order chi connectivity index (χ1) is 12.3. The molecule has 1 fully saturated rings. The van der Waals surface area contributed by atoms with E-state index in [1.54, 1.807) is 11.8 Å². The Hall–Kier alpha value is -1.69. The molecule has 0 bridgehead atoms. The van der Waals surface area contributed by atoms with E-state index in [2.05, 4.69) is 5.32 Å². The summed E-state index contributed by atoms with van der Waals surface area (Å²) in [6.45, 7) is 8.65. The second kappa shape index (κ2) is 9.31. The highest BCUT2D eigenvalue weighted by atomic mass is 32.2. The van der Waals surface area contributed by atoms with Gasteiger partial charge in [0.1, 0.15) is 5.60 Å². The fraction of sp³-hybridized carbons (Fsp3) is 0.600. The highest BCUT2D eigenvalue weighted by Gasteiger charge is 2.30. The maximum Gasteiger partial charge on any atom is 0.407 e. The summed E-state index contributed by atoms with van der Waals surface area (Å²) in [5, 5.41) is 2.67. The molecule has 5 nitrogen and oxygen atoms in total. The number of carbonyl (C=O) groups excluding carboxylic acids is 2. The number of alkyl carbamates (subject to hydrolysis) is 1. The van der Waals surface area contributed by atoms with Crippen LogP contribution in [0.2, 0.25) is 0 Å². The Bertz CT molecular complexity index is 601. The van der Waals surface area contributed by atoms with Crippen LogP contribution in [0.1, 0.15) is 47.0 Å². The van der Waals surface area contributed by atoms with Crippen molar-refractivity contribution < 1.29 is 14.3 Å². The first kappa shape index (κ1) is 20.6. The van der Waals surface area contributed by atoms with Crippen molar-refractivity contribution in [3.8, 4) is 0 Å². The number of rotatable bonds is 5. The third-order valence-electron chi connectivity index (χ3n) is 4.19. The zero-order valence-corrected chi connectivity index (χ0v) is 17.0. The van der Waals surface area contributed by atoms with Gasteiger partial charge >= 0.3 is 6.09 Å². The maximum absolute atomic E-state index is 12.9. The lowest BCUT2D eigenvalue weighted by molar-refractivity contribution is -0.133. The molecule has 0 aliphatic carbocycles. The molecule has 2 unspecified atom stereocenters. The van der Waals surface area contributed by atoms with Gasteiger partial charge in [-0.25, -0.2) is 4.79 Å². The summed E-state index contributed by atoms with van der Waals surface area (Å²) < 4.78 is 5.29. The molecule has 1 aromatic rings. The largest absolute Gasteiger partial charge is 0.444 e. The fourth-order valence-corrected chi connectivity index (χ4v) is 3.96. The normalized spacial score (nSPS) is 18.9. The summed E-state index contributed by atoms with van der Waals surface area (Å²) in [5.74, 6) is 0.134. The molecule has 0 aromatic heterocycles. The van der Waals surface area contributed by atoms with Gasteiger partial charge in [0.2, 0.25) is 5.91 Å². The molecule has 1 aliphatic rings. The Labute approximate surface area is 160 Å². The topological polar surface area (TPSA) is 58.6 Å². The summed E-state index contributed by atoms with van der Waals surface area (Å²) in [5.41, 5.74) is -0.521. The Kier molecular flexibility index (Phi) is 7.38. The van der Waals surface area contributed by atoms with Crippen molar-refractivity contribution in [1.29, 1.82) is 0 Å². The number of hydrogen-bond donors (Lipinski definition) is 1. The average Bonchev–Trinajstić information content (AvgIpc) is 2.59. The van der Waals surface area contributed by atoms with Crippen LogP contribution < -0.4 is 5.32 Å². The standard InChI is InChI=1S/C20H30N2O3S/c1-15(26-17-11-6-5-7-12-17)18(23)22-13-9-8-10-16(22)14-21-19(24)25-20(2,3)4/h5-7,11-12,15-16H,8-10,13-14H2,1-4H3,(H,21,24). The molecule has 2 atom stereocenters. The number of nitrogens with zero attached hydrogens (tertiary/aromatic N) is 1. The summed E-state index contributed by atoms with van der Waals surface area (Å²) >= 11 is 1.58. The van der Waals surface area contributed by atoms with Crippen molar-refractivity contribution >= 4 is 23.8 Å². The van der Waals surface area contributed by atoms with E-state index in [9.17, 15) is 9.59 Å². The van der Waals surface area contributed by atoms with E-state index in [0.29, 0.717) is 6.54 Å². The van der Waals surface area contributed by atoms with Crippen LogP contribution in [0.3, 0.4) is 0 Å². The molecular weight excluding hydrogens is 348 g/mol. The lowest BCUT2D eigenvalue weighted by Gasteiger charge is -2.37. The minimum atomic E-state index is -0.521. The van der Waals surface area contributed by atoms with Gasteiger partial charge in [-0.3, -0.25) is 4.79 Å². The lowest BCUT2D eigenvalue weighted by atomic mass is 10.0. The van der Waals surface area contributed by atoms with Crippen LogP contribution in [0.5, 0.6) is 0 Å². The van der Waals surface area contributed by atoms with Crippen molar-refractivity contribution in [1.82, 2.24) is 10.2 Å². The molecule has 2 rings (SSSR count). The molecule has 2 amide bonds. The van der Waals surface area contributed by atoms with Gasteiger partial charge in [0.25, 0.3) is 0 Å². The van der Waals surface area contributed by atoms with Crippen LogP contribution in [-0.4, -0.2) is 46.9 Å². The molecular formula is C20H30N2O3S. The Morgan fingerprint density at radius 2 is 1.96 bits per heavy atom. The minimum absolute atomic E-state index is 0.0302. The summed E-state index contributed by atoms with van der Waals surface area (Å²) in [4.78, 5) is 27.9. The van der Waals surface area contributed by atoms with Crippen molar-refractivity contribution in [2.24, 2.45) is 0 Å². The van der Waals surface area contributed by atoms with Crippen LogP contribution in [-0.2, 0) is 9.53 Å². The van der Waals surface area contributed by atoms with Crippen LogP contribution in [0.15, 0.2) is 35.2 Å². The van der Waals surface area contributed by atoms with E-state index in [1.807, 2.05) is 62.9 Å². The first-order valence-electron chi connectivity index (χ1n) is 9.25. The highest BCUT2D eigenvalue weighted by molar-refractivity contribution is 8.00. The second-order valence-corrected chi connectivity index (χ2v) is 9.05. The Morgan fingerprint density at radius 3 is 2.62 bits per heavy atom. The summed E-state index contributed by atoms with van der Waals surface area (Å²) in [6, 6.07) is 10.0. The zero-order valence-electron chi connectivity index (χ0n) is 16.2. The SMILES string of the molecule is CC(Sc1ccccc1)C(=O)N1CCCCC1CNC(=O)OC(C)(C)C.